The van der Waals surface area contributed by atoms with Gasteiger partial charge in [0.2, 0.25) is 0 Å². The molecule has 0 saturated heterocycles. The van der Waals surface area contributed by atoms with Crippen molar-refractivity contribution in [3.63, 3.8) is 0 Å². The van der Waals surface area contributed by atoms with Gasteiger partial charge in [-0.25, -0.2) is 0 Å². The molecule has 0 aliphatic heterocycles. The van der Waals surface area contributed by atoms with Gasteiger partial charge in [0.25, 0.3) is 0 Å². The first kappa shape index (κ1) is 16.3. The van der Waals surface area contributed by atoms with Crippen LogP contribution in [0.2, 0.25) is 0 Å². The fourth-order valence-electron chi connectivity index (χ4n) is 4.88. The molecule has 0 aromatic rings. The highest BCUT2D eigenvalue weighted by molar-refractivity contribution is 5.56. The summed E-state index contributed by atoms with van der Waals surface area (Å²) in [4.78, 5) is 11.7. The quantitative estimate of drug-likeness (QED) is 0.371. The van der Waals surface area contributed by atoms with E-state index in [1.54, 1.807) is 0 Å². The van der Waals surface area contributed by atoms with E-state index >= 15 is 0 Å². The van der Waals surface area contributed by atoms with Gasteiger partial charge in [-0.2, -0.15) is 0 Å². The lowest BCUT2D eigenvalue weighted by molar-refractivity contribution is -0.124. The second kappa shape index (κ2) is 5.94. The van der Waals surface area contributed by atoms with Crippen molar-refractivity contribution >= 4 is 6.29 Å². The standard InChI is InChI=1S/C20H30O/c1-6-15(2)10-12-20(5)17(14-21)11-13-19(4)16(3)8-7-9-18(19)20/h6,8,14,17-18H,1-2,7,9-13H2,3-5H3. The molecule has 0 spiro atoms. The van der Waals surface area contributed by atoms with Crippen LogP contribution in [0, 0.1) is 22.7 Å². The number of allylic oxidation sites excluding steroid dienone is 4. The molecular weight excluding hydrogens is 256 g/mol. The zero-order valence-electron chi connectivity index (χ0n) is 14.0. The van der Waals surface area contributed by atoms with E-state index < -0.39 is 0 Å². The molecule has 21 heavy (non-hydrogen) atoms. The predicted molar refractivity (Wildman–Crippen MR) is 90.1 cm³/mol. The van der Waals surface area contributed by atoms with Crippen LogP contribution in [0.3, 0.4) is 0 Å². The highest BCUT2D eigenvalue weighted by atomic mass is 16.1. The Morgan fingerprint density at radius 2 is 2.14 bits per heavy atom. The minimum atomic E-state index is 0.0935. The second-order valence-corrected chi connectivity index (χ2v) is 7.58. The number of hydrogen-bond acceptors (Lipinski definition) is 1. The van der Waals surface area contributed by atoms with Crippen molar-refractivity contribution in [3.05, 3.63) is 36.5 Å². The zero-order valence-corrected chi connectivity index (χ0v) is 14.0. The maximum absolute atomic E-state index is 11.7. The van der Waals surface area contributed by atoms with Crippen molar-refractivity contribution in [2.24, 2.45) is 22.7 Å². The Morgan fingerprint density at radius 3 is 2.76 bits per heavy atom. The first-order valence-electron chi connectivity index (χ1n) is 8.31. The predicted octanol–water partition coefficient (Wildman–Crippen LogP) is 5.49. The molecule has 2 rings (SSSR count). The smallest absolute Gasteiger partial charge is 0.123 e. The number of carbonyl (C=O) groups excluding carboxylic acids is 1. The van der Waals surface area contributed by atoms with Crippen LogP contribution in [0.15, 0.2) is 36.5 Å². The average Bonchev–Trinajstić information content (AvgIpc) is 2.47. The fraction of sp³-hybridized carbons (Fsp3) is 0.650. The fourth-order valence-corrected chi connectivity index (χ4v) is 4.88. The van der Waals surface area contributed by atoms with E-state index in [1.807, 2.05) is 6.08 Å². The van der Waals surface area contributed by atoms with Gasteiger partial charge in [-0.05, 0) is 62.2 Å². The zero-order chi connectivity index (χ0) is 15.7. The molecule has 1 nitrogen and oxygen atoms in total. The van der Waals surface area contributed by atoms with Crippen LogP contribution in [0.25, 0.3) is 0 Å². The first-order chi connectivity index (χ1) is 9.88. The van der Waals surface area contributed by atoms with Crippen molar-refractivity contribution < 1.29 is 4.79 Å². The Labute approximate surface area is 130 Å². The van der Waals surface area contributed by atoms with E-state index in [4.69, 9.17) is 0 Å². The summed E-state index contributed by atoms with van der Waals surface area (Å²) in [6.07, 6.45) is 12.1. The lowest BCUT2D eigenvalue weighted by atomic mass is 9.47. The van der Waals surface area contributed by atoms with Crippen LogP contribution in [0.4, 0.5) is 0 Å². The van der Waals surface area contributed by atoms with E-state index in [-0.39, 0.29) is 16.7 Å². The van der Waals surface area contributed by atoms with Crippen LogP contribution in [0.5, 0.6) is 0 Å². The summed E-state index contributed by atoms with van der Waals surface area (Å²) in [6.45, 7) is 14.9. The molecule has 4 unspecified atom stereocenters. The van der Waals surface area contributed by atoms with E-state index in [1.165, 1.54) is 18.3 Å². The summed E-state index contributed by atoms with van der Waals surface area (Å²) in [5, 5.41) is 0. The van der Waals surface area contributed by atoms with Gasteiger partial charge in [0, 0.05) is 5.92 Å². The van der Waals surface area contributed by atoms with Gasteiger partial charge in [0.05, 0.1) is 0 Å². The minimum Gasteiger partial charge on any atom is -0.303 e. The van der Waals surface area contributed by atoms with Gasteiger partial charge >= 0.3 is 0 Å². The normalized spacial score (nSPS) is 39.1. The Bertz CT molecular complexity index is 472. The summed E-state index contributed by atoms with van der Waals surface area (Å²) in [5.41, 5.74) is 3.01. The van der Waals surface area contributed by atoms with Gasteiger partial charge in [0.1, 0.15) is 6.29 Å². The largest absolute Gasteiger partial charge is 0.303 e. The molecule has 1 heteroatoms. The number of aldehydes is 1. The van der Waals surface area contributed by atoms with E-state index in [2.05, 4.69) is 40.0 Å². The van der Waals surface area contributed by atoms with E-state index in [0.717, 1.165) is 37.7 Å². The van der Waals surface area contributed by atoms with Gasteiger partial charge in [-0.15, -0.1) is 0 Å². The Morgan fingerprint density at radius 1 is 1.43 bits per heavy atom. The topological polar surface area (TPSA) is 17.1 Å². The lowest BCUT2D eigenvalue weighted by Gasteiger charge is -2.57. The molecule has 1 saturated carbocycles. The molecule has 1 fully saturated rings. The third-order valence-corrected chi connectivity index (χ3v) is 6.63. The van der Waals surface area contributed by atoms with Crippen molar-refractivity contribution in [1.29, 1.82) is 0 Å². The second-order valence-electron chi connectivity index (χ2n) is 7.58. The van der Waals surface area contributed by atoms with E-state index in [0.29, 0.717) is 5.92 Å². The molecule has 0 N–H and O–H groups in total. The highest BCUT2D eigenvalue weighted by Crippen LogP contribution is 2.61. The average molecular weight is 286 g/mol. The molecule has 0 amide bonds. The molecule has 0 aromatic heterocycles. The molecule has 2 aliphatic rings. The van der Waals surface area contributed by atoms with Crippen molar-refractivity contribution in [1.82, 2.24) is 0 Å². The van der Waals surface area contributed by atoms with Crippen LogP contribution in [0.1, 0.15) is 59.3 Å². The minimum absolute atomic E-state index is 0.0935. The van der Waals surface area contributed by atoms with Crippen LogP contribution >= 0.6 is 0 Å². The SMILES string of the molecule is C=CC(=C)CCC1(C)C(C=O)CCC2(C)C(C)=CCCC21. The molecule has 0 aromatic carbocycles. The number of fused-ring (bicyclic) bond motifs is 1. The third kappa shape index (κ3) is 2.67. The van der Waals surface area contributed by atoms with Crippen molar-refractivity contribution in [3.8, 4) is 0 Å². The maximum Gasteiger partial charge on any atom is 0.123 e. The Balaban J connectivity index is 2.33. The summed E-state index contributed by atoms with van der Waals surface area (Å²) in [7, 11) is 0. The Hall–Kier alpha value is -1.11. The summed E-state index contributed by atoms with van der Waals surface area (Å²) in [5.74, 6) is 0.802. The maximum atomic E-state index is 11.7. The Kier molecular flexibility index (Phi) is 4.60. The third-order valence-electron chi connectivity index (χ3n) is 6.63. The summed E-state index contributed by atoms with van der Waals surface area (Å²) >= 11 is 0. The van der Waals surface area contributed by atoms with Crippen LogP contribution in [-0.2, 0) is 4.79 Å². The first-order valence-corrected chi connectivity index (χ1v) is 8.31. The molecular formula is C20H30O. The molecule has 2 aliphatic carbocycles. The van der Waals surface area contributed by atoms with Gasteiger partial charge in [0.15, 0.2) is 0 Å². The highest BCUT2D eigenvalue weighted by Gasteiger charge is 2.54. The number of carbonyl (C=O) groups is 1. The van der Waals surface area contributed by atoms with Crippen LogP contribution < -0.4 is 0 Å². The van der Waals surface area contributed by atoms with Gasteiger partial charge in [-0.3, -0.25) is 0 Å². The summed E-state index contributed by atoms with van der Waals surface area (Å²) < 4.78 is 0. The molecule has 116 valence electrons. The van der Waals surface area contributed by atoms with E-state index in [9.17, 15) is 4.79 Å². The van der Waals surface area contributed by atoms with Gasteiger partial charge in [-0.1, -0.05) is 50.3 Å². The summed E-state index contributed by atoms with van der Waals surface area (Å²) in [6, 6.07) is 0. The molecule has 0 radical (unpaired) electrons. The van der Waals surface area contributed by atoms with Gasteiger partial charge < -0.3 is 4.79 Å². The van der Waals surface area contributed by atoms with Crippen molar-refractivity contribution in [2.75, 3.05) is 0 Å². The molecule has 0 heterocycles. The van der Waals surface area contributed by atoms with Crippen molar-refractivity contribution in [2.45, 2.75) is 59.3 Å². The molecule has 0 bridgehead atoms. The monoisotopic (exact) mass is 286 g/mol. The molecule has 4 atom stereocenters. The lowest BCUT2D eigenvalue weighted by Crippen LogP contribution is -2.50. The number of rotatable bonds is 5. The number of hydrogen-bond donors (Lipinski definition) is 0. The van der Waals surface area contributed by atoms with Crippen LogP contribution in [-0.4, -0.2) is 6.29 Å².